The van der Waals surface area contributed by atoms with Crippen LogP contribution in [-0.2, 0) is 0 Å². The van der Waals surface area contributed by atoms with E-state index in [0.717, 1.165) is 11.9 Å². The van der Waals surface area contributed by atoms with Gasteiger partial charge in [-0.15, -0.1) is 0 Å². The van der Waals surface area contributed by atoms with Crippen molar-refractivity contribution in [2.45, 2.75) is 26.7 Å². The summed E-state index contributed by atoms with van der Waals surface area (Å²) in [5, 5.41) is 10.8. The molecular formula is C14H14ClN3O3. The zero-order valence-electron chi connectivity index (χ0n) is 11.8. The lowest BCUT2D eigenvalue weighted by molar-refractivity contribution is -0.386. The summed E-state index contributed by atoms with van der Waals surface area (Å²) in [6, 6.07) is 5.50. The van der Waals surface area contributed by atoms with Gasteiger partial charge in [-0.1, -0.05) is 31.5 Å². The van der Waals surface area contributed by atoms with E-state index in [2.05, 4.69) is 23.8 Å². The summed E-state index contributed by atoms with van der Waals surface area (Å²) in [7, 11) is 0. The van der Waals surface area contributed by atoms with Crippen LogP contribution in [0.25, 0.3) is 0 Å². The van der Waals surface area contributed by atoms with Crippen molar-refractivity contribution >= 4 is 17.3 Å². The topological polar surface area (TPSA) is 78.2 Å². The van der Waals surface area contributed by atoms with Crippen LogP contribution < -0.4 is 4.74 Å². The van der Waals surface area contributed by atoms with Crippen LogP contribution in [0.5, 0.6) is 11.6 Å². The molecular weight excluding hydrogens is 294 g/mol. The van der Waals surface area contributed by atoms with Gasteiger partial charge in [0, 0.05) is 0 Å². The molecule has 0 aliphatic rings. The largest absolute Gasteiger partial charge is 0.434 e. The molecule has 2 rings (SSSR count). The molecule has 0 N–H and O–H groups in total. The summed E-state index contributed by atoms with van der Waals surface area (Å²) < 4.78 is 5.49. The zero-order valence-corrected chi connectivity index (χ0v) is 12.6. The molecule has 0 aliphatic heterocycles. The van der Waals surface area contributed by atoms with Crippen LogP contribution in [0.15, 0.2) is 24.5 Å². The van der Waals surface area contributed by atoms with E-state index in [0.29, 0.717) is 11.7 Å². The second kappa shape index (κ2) is 6.05. The third-order valence-electron chi connectivity index (χ3n) is 3.00. The van der Waals surface area contributed by atoms with E-state index in [1.54, 1.807) is 6.07 Å². The second-order valence-corrected chi connectivity index (χ2v) is 5.21. The van der Waals surface area contributed by atoms with E-state index >= 15 is 0 Å². The van der Waals surface area contributed by atoms with Crippen LogP contribution in [0.4, 0.5) is 5.69 Å². The van der Waals surface area contributed by atoms with Crippen LogP contribution in [0.2, 0.25) is 5.15 Å². The van der Waals surface area contributed by atoms with Crippen LogP contribution in [-0.4, -0.2) is 14.9 Å². The molecule has 21 heavy (non-hydrogen) atoms. The van der Waals surface area contributed by atoms with Crippen molar-refractivity contribution in [1.82, 2.24) is 9.97 Å². The highest BCUT2D eigenvalue weighted by molar-refractivity contribution is 6.31. The molecule has 0 atom stereocenters. The molecule has 1 heterocycles. The first-order valence-electron chi connectivity index (χ1n) is 6.33. The summed E-state index contributed by atoms with van der Waals surface area (Å²) in [4.78, 5) is 17.7. The van der Waals surface area contributed by atoms with E-state index in [4.69, 9.17) is 16.3 Å². The lowest BCUT2D eigenvalue weighted by Gasteiger charge is -2.11. The number of ether oxygens (including phenoxy) is 1. The van der Waals surface area contributed by atoms with Gasteiger partial charge in [-0.05, 0) is 36.1 Å². The minimum absolute atomic E-state index is 0.170. The molecule has 0 bridgehead atoms. The van der Waals surface area contributed by atoms with Crippen LogP contribution in [0, 0.1) is 17.0 Å². The zero-order chi connectivity index (χ0) is 15.6. The van der Waals surface area contributed by atoms with Gasteiger partial charge in [-0.3, -0.25) is 10.1 Å². The number of aryl methyl sites for hydroxylation is 1. The van der Waals surface area contributed by atoms with E-state index in [1.165, 1.54) is 5.56 Å². The summed E-state index contributed by atoms with van der Waals surface area (Å²) in [5.74, 6) is 0.688. The van der Waals surface area contributed by atoms with Gasteiger partial charge in [0.05, 0.1) is 4.92 Å². The molecule has 0 unspecified atom stereocenters. The molecule has 0 amide bonds. The predicted molar refractivity (Wildman–Crippen MR) is 79.0 cm³/mol. The molecule has 0 fully saturated rings. The monoisotopic (exact) mass is 307 g/mol. The first-order chi connectivity index (χ1) is 9.90. The highest BCUT2D eigenvalue weighted by Crippen LogP contribution is 2.34. The lowest BCUT2D eigenvalue weighted by Crippen LogP contribution is -1.99. The molecule has 0 saturated heterocycles. The quantitative estimate of drug-likeness (QED) is 0.479. The van der Waals surface area contributed by atoms with Crippen molar-refractivity contribution in [3.63, 3.8) is 0 Å². The summed E-state index contributed by atoms with van der Waals surface area (Å²) >= 11 is 5.72. The molecule has 7 heteroatoms. The Bertz CT molecular complexity index is 689. The van der Waals surface area contributed by atoms with Crippen molar-refractivity contribution in [3.05, 3.63) is 50.9 Å². The number of aromatic nitrogens is 2. The first-order valence-corrected chi connectivity index (χ1v) is 6.71. The SMILES string of the molecule is Cc1cc(Oc2ncnc(Cl)c2[N+](=O)[O-])ccc1C(C)C. The maximum Gasteiger partial charge on any atom is 0.368 e. The molecule has 110 valence electrons. The van der Waals surface area contributed by atoms with Gasteiger partial charge >= 0.3 is 11.6 Å². The maximum atomic E-state index is 11.0. The second-order valence-electron chi connectivity index (χ2n) is 4.85. The third-order valence-corrected chi connectivity index (χ3v) is 3.28. The van der Waals surface area contributed by atoms with Crippen molar-refractivity contribution in [2.75, 3.05) is 0 Å². The molecule has 0 saturated carbocycles. The summed E-state index contributed by atoms with van der Waals surface area (Å²) in [6.45, 7) is 6.15. The van der Waals surface area contributed by atoms with Gasteiger partial charge in [0.1, 0.15) is 12.1 Å². The fourth-order valence-electron chi connectivity index (χ4n) is 2.04. The number of nitrogens with zero attached hydrogens (tertiary/aromatic N) is 3. The number of rotatable bonds is 4. The summed E-state index contributed by atoms with van der Waals surface area (Å²) in [5.41, 5.74) is 1.80. The molecule has 6 nitrogen and oxygen atoms in total. The minimum atomic E-state index is -0.660. The van der Waals surface area contributed by atoms with Gasteiger partial charge in [-0.2, -0.15) is 4.98 Å². The maximum absolute atomic E-state index is 11.0. The Balaban J connectivity index is 2.37. The van der Waals surface area contributed by atoms with Crippen molar-refractivity contribution in [2.24, 2.45) is 0 Å². The number of hydrogen-bond acceptors (Lipinski definition) is 5. The summed E-state index contributed by atoms with van der Waals surface area (Å²) in [6.07, 6.45) is 1.13. The van der Waals surface area contributed by atoms with Crippen molar-refractivity contribution in [1.29, 1.82) is 0 Å². The van der Waals surface area contributed by atoms with Gasteiger partial charge in [0.25, 0.3) is 0 Å². The lowest BCUT2D eigenvalue weighted by atomic mass is 9.98. The van der Waals surface area contributed by atoms with E-state index in [9.17, 15) is 10.1 Å². The molecule has 2 aromatic rings. The van der Waals surface area contributed by atoms with E-state index in [1.807, 2.05) is 19.1 Å². The van der Waals surface area contributed by atoms with Crippen molar-refractivity contribution in [3.8, 4) is 11.6 Å². The van der Waals surface area contributed by atoms with E-state index in [-0.39, 0.29) is 11.0 Å². The predicted octanol–water partition coefficient (Wildman–Crippen LogP) is 4.26. The van der Waals surface area contributed by atoms with Gasteiger partial charge in [0.15, 0.2) is 0 Å². The number of benzene rings is 1. The molecule has 0 aliphatic carbocycles. The Labute approximate surface area is 126 Å². The van der Waals surface area contributed by atoms with Crippen LogP contribution in [0.1, 0.15) is 30.9 Å². The minimum Gasteiger partial charge on any atom is -0.434 e. The first kappa shape index (κ1) is 15.2. The normalized spacial score (nSPS) is 10.7. The van der Waals surface area contributed by atoms with Gasteiger partial charge in [-0.25, -0.2) is 4.98 Å². The Morgan fingerprint density at radius 1 is 1.33 bits per heavy atom. The Morgan fingerprint density at radius 3 is 2.62 bits per heavy atom. The smallest absolute Gasteiger partial charge is 0.368 e. The van der Waals surface area contributed by atoms with Gasteiger partial charge in [0.2, 0.25) is 5.15 Å². The number of hydrogen-bond donors (Lipinski definition) is 0. The molecule has 0 spiro atoms. The Kier molecular flexibility index (Phi) is 4.37. The van der Waals surface area contributed by atoms with E-state index < -0.39 is 10.6 Å². The third kappa shape index (κ3) is 3.28. The highest BCUT2D eigenvalue weighted by atomic mass is 35.5. The number of halogens is 1. The van der Waals surface area contributed by atoms with Crippen LogP contribution in [0.3, 0.4) is 0 Å². The Morgan fingerprint density at radius 2 is 2.05 bits per heavy atom. The molecule has 1 aromatic carbocycles. The van der Waals surface area contributed by atoms with Crippen LogP contribution >= 0.6 is 11.6 Å². The molecule has 0 radical (unpaired) electrons. The number of nitro groups is 1. The fraction of sp³-hybridized carbons (Fsp3) is 0.286. The highest BCUT2D eigenvalue weighted by Gasteiger charge is 2.23. The Hall–Kier alpha value is -2.21. The average Bonchev–Trinajstić information content (AvgIpc) is 2.37. The fourth-order valence-corrected chi connectivity index (χ4v) is 2.24. The average molecular weight is 308 g/mol. The van der Waals surface area contributed by atoms with Crippen molar-refractivity contribution < 1.29 is 9.66 Å². The standard InChI is InChI=1S/C14H14ClN3O3/c1-8(2)11-5-4-10(6-9(11)3)21-14-12(18(19)20)13(15)16-7-17-14/h4-8H,1-3H3. The van der Waals surface area contributed by atoms with Gasteiger partial charge < -0.3 is 4.74 Å². The molecule has 1 aromatic heterocycles.